The van der Waals surface area contributed by atoms with Crippen molar-refractivity contribution in [3.8, 4) is 17.2 Å². The van der Waals surface area contributed by atoms with E-state index in [-0.39, 0.29) is 41.7 Å². The van der Waals surface area contributed by atoms with E-state index in [0.29, 0.717) is 29.7 Å². The Morgan fingerprint density at radius 3 is 2.41 bits per heavy atom. The maximum absolute atomic E-state index is 11.6. The van der Waals surface area contributed by atoms with E-state index in [0.717, 1.165) is 12.5 Å². The molecule has 0 spiro atoms. The Bertz CT molecular complexity index is 1030. The summed E-state index contributed by atoms with van der Waals surface area (Å²) in [5.74, 6) is -0.941. The number of benzene rings is 2. The quantitative estimate of drug-likeness (QED) is 0.162. The average Bonchev–Trinajstić information content (AvgIpc) is 2.73. The van der Waals surface area contributed by atoms with Gasteiger partial charge in [0.1, 0.15) is 11.5 Å². The number of rotatable bonds is 12. The summed E-state index contributed by atoms with van der Waals surface area (Å²) in [5.41, 5.74) is 1.03. The zero-order valence-electron chi connectivity index (χ0n) is 17.9. The van der Waals surface area contributed by atoms with Gasteiger partial charge in [-0.2, -0.15) is 0 Å². The van der Waals surface area contributed by atoms with Gasteiger partial charge in [0.05, 0.1) is 23.7 Å². The van der Waals surface area contributed by atoms with Crippen LogP contribution >= 0.6 is 0 Å². The summed E-state index contributed by atoms with van der Waals surface area (Å²) in [7, 11) is 0. The van der Waals surface area contributed by atoms with Crippen molar-refractivity contribution < 1.29 is 34.2 Å². The maximum Gasteiger partial charge on any atom is 0.328 e. The molecule has 9 nitrogen and oxygen atoms in total. The van der Waals surface area contributed by atoms with Gasteiger partial charge in [0.15, 0.2) is 11.5 Å². The van der Waals surface area contributed by atoms with E-state index < -0.39 is 10.9 Å². The minimum Gasteiger partial charge on any atom is -0.507 e. The van der Waals surface area contributed by atoms with Gasteiger partial charge in [-0.05, 0) is 49.2 Å². The first-order valence-electron chi connectivity index (χ1n) is 10.0. The first kappa shape index (κ1) is 24.4. The molecule has 170 valence electrons. The Morgan fingerprint density at radius 2 is 1.81 bits per heavy atom. The van der Waals surface area contributed by atoms with Crippen molar-refractivity contribution in [2.75, 3.05) is 13.2 Å². The molecule has 0 radical (unpaired) electrons. The highest BCUT2D eigenvalue weighted by Crippen LogP contribution is 2.33. The van der Waals surface area contributed by atoms with Crippen LogP contribution in [-0.2, 0) is 11.2 Å². The number of nitro groups is 1. The number of hydrogen-bond donors (Lipinski definition) is 2. The van der Waals surface area contributed by atoms with Gasteiger partial charge in [0.2, 0.25) is 0 Å². The number of phenols is 1. The van der Waals surface area contributed by atoms with Crippen molar-refractivity contribution in [3.05, 3.63) is 63.2 Å². The lowest BCUT2D eigenvalue weighted by Gasteiger charge is -2.15. The Kier molecular flexibility index (Phi) is 8.76. The molecule has 0 heterocycles. The average molecular weight is 443 g/mol. The van der Waals surface area contributed by atoms with Crippen molar-refractivity contribution in [2.24, 2.45) is 0 Å². The molecule has 9 heteroatoms. The SMILES string of the molecule is CCCc1c(OCCCOc2cc(/C=C/C(=O)O)ccc2[N+](=O)[O-])ccc(C(C)=O)c1O. The fraction of sp³-hybridized carbons (Fsp3) is 0.304. The predicted octanol–water partition coefficient (Wildman–Crippen LogP) is 4.40. The van der Waals surface area contributed by atoms with Gasteiger partial charge in [-0.25, -0.2) is 4.79 Å². The molecule has 0 aromatic heterocycles. The van der Waals surface area contributed by atoms with E-state index in [1.54, 1.807) is 6.07 Å². The molecule has 2 aromatic rings. The van der Waals surface area contributed by atoms with Crippen LogP contribution in [0.4, 0.5) is 5.69 Å². The number of hydrogen-bond acceptors (Lipinski definition) is 7. The van der Waals surface area contributed by atoms with Crippen molar-refractivity contribution >= 4 is 23.5 Å². The highest BCUT2D eigenvalue weighted by molar-refractivity contribution is 5.97. The summed E-state index contributed by atoms with van der Waals surface area (Å²) in [6, 6.07) is 7.24. The third-order valence-electron chi connectivity index (χ3n) is 4.52. The maximum atomic E-state index is 11.6. The summed E-state index contributed by atoms with van der Waals surface area (Å²) < 4.78 is 11.3. The van der Waals surface area contributed by atoms with Gasteiger partial charge in [-0.1, -0.05) is 13.3 Å². The molecule has 0 bridgehead atoms. The number of carboxylic acid groups (broad SMARTS) is 1. The summed E-state index contributed by atoms with van der Waals surface area (Å²) in [6.07, 6.45) is 3.94. The van der Waals surface area contributed by atoms with E-state index in [2.05, 4.69) is 0 Å². The lowest BCUT2D eigenvalue weighted by molar-refractivity contribution is -0.385. The number of carboxylic acids is 1. The van der Waals surface area contributed by atoms with Gasteiger partial charge < -0.3 is 19.7 Å². The normalized spacial score (nSPS) is 10.8. The topological polar surface area (TPSA) is 136 Å². The zero-order valence-corrected chi connectivity index (χ0v) is 17.9. The minimum atomic E-state index is -1.13. The molecular weight excluding hydrogens is 418 g/mol. The van der Waals surface area contributed by atoms with E-state index in [9.17, 15) is 24.8 Å². The lowest BCUT2D eigenvalue weighted by atomic mass is 10.0. The Labute approximate surface area is 185 Å². The van der Waals surface area contributed by atoms with E-state index in [4.69, 9.17) is 14.6 Å². The number of aromatic hydroxyl groups is 1. The first-order valence-corrected chi connectivity index (χ1v) is 10.0. The van der Waals surface area contributed by atoms with Crippen LogP contribution in [0.25, 0.3) is 6.08 Å². The predicted molar refractivity (Wildman–Crippen MR) is 117 cm³/mol. The van der Waals surface area contributed by atoms with Gasteiger partial charge in [-0.3, -0.25) is 14.9 Å². The minimum absolute atomic E-state index is 0.0256. The molecule has 0 aliphatic heterocycles. The second kappa shape index (κ2) is 11.5. The fourth-order valence-electron chi connectivity index (χ4n) is 3.02. The van der Waals surface area contributed by atoms with Crippen molar-refractivity contribution in [1.29, 1.82) is 0 Å². The Hall–Kier alpha value is -3.88. The molecule has 0 unspecified atom stereocenters. The van der Waals surface area contributed by atoms with Crippen molar-refractivity contribution in [3.63, 3.8) is 0 Å². The fourth-order valence-corrected chi connectivity index (χ4v) is 3.02. The molecule has 2 aromatic carbocycles. The molecule has 0 saturated carbocycles. The van der Waals surface area contributed by atoms with Crippen LogP contribution in [0, 0.1) is 10.1 Å². The molecule has 2 rings (SSSR count). The van der Waals surface area contributed by atoms with Crippen LogP contribution in [0.15, 0.2) is 36.4 Å². The van der Waals surface area contributed by atoms with Crippen molar-refractivity contribution in [1.82, 2.24) is 0 Å². The largest absolute Gasteiger partial charge is 0.507 e. The van der Waals surface area contributed by atoms with Crippen LogP contribution in [0.2, 0.25) is 0 Å². The third-order valence-corrected chi connectivity index (χ3v) is 4.52. The lowest BCUT2D eigenvalue weighted by Crippen LogP contribution is -2.08. The van der Waals surface area contributed by atoms with E-state index >= 15 is 0 Å². The van der Waals surface area contributed by atoms with Crippen LogP contribution in [0.5, 0.6) is 17.2 Å². The van der Waals surface area contributed by atoms with Crippen LogP contribution < -0.4 is 9.47 Å². The number of aliphatic carboxylic acids is 1. The Morgan fingerprint density at radius 1 is 1.12 bits per heavy atom. The molecule has 0 fully saturated rings. The number of ether oxygens (including phenoxy) is 2. The van der Waals surface area contributed by atoms with Crippen molar-refractivity contribution in [2.45, 2.75) is 33.1 Å². The van der Waals surface area contributed by atoms with Gasteiger partial charge in [0.25, 0.3) is 0 Å². The van der Waals surface area contributed by atoms with E-state index in [1.807, 2.05) is 6.92 Å². The second-order valence-corrected chi connectivity index (χ2v) is 6.95. The van der Waals surface area contributed by atoms with Crippen LogP contribution in [0.3, 0.4) is 0 Å². The molecular formula is C23H25NO8. The number of carbonyl (C=O) groups excluding carboxylic acids is 1. The van der Waals surface area contributed by atoms with Crippen LogP contribution in [-0.4, -0.2) is 40.1 Å². The molecule has 0 aliphatic carbocycles. The number of carbonyl (C=O) groups is 2. The van der Waals surface area contributed by atoms with E-state index in [1.165, 1.54) is 37.3 Å². The van der Waals surface area contributed by atoms with Crippen LogP contribution in [0.1, 0.15) is 48.2 Å². The number of Topliss-reactive ketones (excluding diaryl/α,β-unsaturated/α-hetero) is 1. The highest BCUT2D eigenvalue weighted by atomic mass is 16.6. The summed E-state index contributed by atoms with van der Waals surface area (Å²) in [6.45, 7) is 3.67. The number of phenolic OH excluding ortho intramolecular Hbond substituents is 1. The monoisotopic (exact) mass is 443 g/mol. The molecule has 32 heavy (non-hydrogen) atoms. The van der Waals surface area contributed by atoms with Gasteiger partial charge in [-0.15, -0.1) is 0 Å². The molecule has 0 atom stereocenters. The highest BCUT2D eigenvalue weighted by Gasteiger charge is 2.17. The molecule has 2 N–H and O–H groups in total. The Balaban J connectivity index is 2.02. The number of nitrogens with zero attached hydrogens (tertiary/aromatic N) is 1. The summed E-state index contributed by atoms with van der Waals surface area (Å²) in [5, 5.41) is 30.3. The van der Waals surface area contributed by atoms with Gasteiger partial charge in [0, 0.05) is 24.1 Å². The smallest absolute Gasteiger partial charge is 0.328 e. The zero-order chi connectivity index (χ0) is 23.7. The third kappa shape index (κ3) is 6.56. The summed E-state index contributed by atoms with van der Waals surface area (Å²) >= 11 is 0. The second-order valence-electron chi connectivity index (χ2n) is 6.95. The number of ketones is 1. The summed E-state index contributed by atoms with van der Waals surface area (Å²) in [4.78, 5) is 32.9. The first-order chi connectivity index (χ1) is 15.2. The number of nitro benzene ring substituents is 1. The molecule has 0 aliphatic rings. The molecule has 0 saturated heterocycles. The standard InChI is InChI=1S/C23H25NO8/c1-3-5-18-20(10-8-17(15(2)25)23(18)28)31-12-4-13-32-21-14-16(7-11-22(26)27)6-9-19(21)24(29)30/h6-11,14,28H,3-5,12-13H2,1-2H3,(H,26,27)/b11-7+. The molecule has 0 amide bonds. The van der Waals surface area contributed by atoms with Gasteiger partial charge >= 0.3 is 11.7 Å².